The molecule has 2 heterocycles. The molecule has 18 heavy (non-hydrogen) atoms. The standard InChI is InChI=1S/C15H16N2O/c1-2-4-12(5-3-1)11-18-14-8-13-9-16-7-6-15(13)17-10-14/h1-5,8,10,16H,6-7,9,11H2. The first-order chi connectivity index (χ1) is 8.92. The second-order valence-electron chi connectivity index (χ2n) is 4.48. The minimum atomic E-state index is 0.592. The van der Waals surface area contributed by atoms with Gasteiger partial charge in [-0.1, -0.05) is 30.3 Å². The number of nitrogens with zero attached hydrogens (tertiary/aromatic N) is 1. The maximum absolute atomic E-state index is 5.77. The van der Waals surface area contributed by atoms with Crippen LogP contribution in [0.3, 0.4) is 0 Å². The minimum absolute atomic E-state index is 0.592. The van der Waals surface area contributed by atoms with E-state index in [-0.39, 0.29) is 0 Å². The predicted molar refractivity (Wildman–Crippen MR) is 70.4 cm³/mol. The Morgan fingerprint density at radius 2 is 2.11 bits per heavy atom. The second-order valence-corrected chi connectivity index (χ2v) is 4.48. The van der Waals surface area contributed by atoms with Crippen LogP contribution in [0.5, 0.6) is 5.75 Å². The molecule has 3 heteroatoms. The summed E-state index contributed by atoms with van der Waals surface area (Å²) in [6.45, 7) is 2.50. The molecule has 0 atom stereocenters. The lowest BCUT2D eigenvalue weighted by Gasteiger charge is -2.16. The fourth-order valence-electron chi connectivity index (χ4n) is 2.14. The van der Waals surface area contributed by atoms with Gasteiger partial charge in [-0.25, -0.2) is 0 Å². The number of aromatic nitrogens is 1. The average molecular weight is 240 g/mol. The summed E-state index contributed by atoms with van der Waals surface area (Å²) >= 11 is 0. The van der Waals surface area contributed by atoms with Crippen molar-refractivity contribution in [1.29, 1.82) is 0 Å². The van der Waals surface area contributed by atoms with Crippen molar-refractivity contribution < 1.29 is 4.74 Å². The molecule has 3 rings (SSSR count). The second kappa shape index (κ2) is 5.19. The topological polar surface area (TPSA) is 34.1 Å². The third kappa shape index (κ3) is 2.51. The van der Waals surface area contributed by atoms with Crippen LogP contribution in [0.4, 0.5) is 0 Å². The molecule has 1 aliphatic rings. The maximum atomic E-state index is 5.77. The Balaban J connectivity index is 1.70. The van der Waals surface area contributed by atoms with Crippen LogP contribution in [0.15, 0.2) is 42.6 Å². The van der Waals surface area contributed by atoms with Crippen molar-refractivity contribution in [2.75, 3.05) is 6.54 Å². The number of ether oxygens (including phenoxy) is 1. The molecule has 1 N–H and O–H groups in total. The Morgan fingerprint density at radius 3 is 3.00 bits per heavy atom. The van der Waals surface area contributed by atoms with E-state index in [9.17, 15) is 0 Å². The lowest BCUT2D eigenvalue weighted by Crippen LogP contribution is -2.24. The quantitative estimate of drug-likeness (QED) is 0.894. The van der Waals surface area contributed by atoms with Gasteiger partial charge in [0.1, 0.15) is 12.4 Å². The summed E-state index contributed by atoms with van der Waals surface area (Å²) in [6.07, 6.45) is 2.83. The van der Waals surface area contributed by atoms with Crippen LogP contribution in [0.2, 0.25) is 0 Å². The summed E-state index contributed by atoms with van der Waals surface area (Å²) in [5, 5.41) is 3.35. The van der Waals surface area contributed by atoms with Crippen molar-refractivity contribution >= 4 is 0 Å². The molecule has 1 aliphatic heterocycles. The summed E-state index contributed by atoms with van der Waals surface area (Å²) < 4.78 is 5.77. The number of pyridine rings is 1. The fraction of sp³-hybridized carbons (Fsp3) is 0.267. The van der Waals surface area contributed by atoms with Crippen LogP contribution < -0.4 is 10.1 Å². The van der Waals surface area contributed by atoms with Crippen LogP contribution in [-0.4, -0.2) is 11.5 Å². The van der Waals surface area contributed by atoms with Crippen LogP contribution in [0.25, 0.3) is 0 Å². The third-order valence-electron chi connectivity index (χ3n) is 3.14. The smallest absolute Gasteiger partial charge is 0.138 e. The zero-order chi connectivity index (χ0) is 12.2. The summed E-state index contributed by atoms with van der Waals surface area (Å²) in [6, 6.07) is 12.3. The van der Waals surface area contributed by atoms with Crippen molar-refractivity contribution in [2.45, 2.75) is 19.6 Å². The molecule has 1 aromatic heterocycles. The maximum Gasteiger partial charge on any atom is 0.138 e. The first kappa shape index (κ1) is 11.2. The molecule has 0 saturated heterocycles. The number of fused-ring (bicyclic) bond motifs is 1. The van der Waals surface area contributed by atoms with Crippen molar-refractivity contribution in [3.63, 3.8) is 0 Å². The number of rotatable bonds is 3. The third-order valence-corrected chi connectivity index (χ3v) is 3.14. The number of nitrogens with one attached hydrogen (secondary N) is 1. The van der Waals surface area contributed by atoms with E-state index in [0.29, 0.717) is 6.61 Å². The molecule has 0 bridgehead atoms. The molecule has 0 saturated carbocycles. The van der Waals surface area contributed by atoms with Gasteiger partial charge in [0.25, 0.3) is 0 Å². The monoisotopic (exact) mass is 240 g/mol. The molecule has 0 unspecified atom stereocenters. The molecule has 2 aromatic rings. The molecular formula is C15H16N2O. The zero-order valence-electron chi connectivity index (χ0n) is 10.2. The van der Waals surface area contributed by atoms with E-state index in [0.717, 1.165) is 25.3 Å². The lowest BCUT2D eigenvalue weighted by molar-refractivity contribution is 0.304. The Morgan fingerprint density at radius 1 is 1.22 bits per heavy atom. The Kier molecular flexibility index (Phi) is 3.24. The van der Waals surface area contributed by atoms with E-state index >= 15 is 0 Å². The van der Waals surface area contributed by atoms with Gasteiger partial charge in [0, 0.05) is 25.2 Å². The Labute approximate surface area is 107 Å². The van der Waals surface area contributed by atoms with Gasteiger partial charge in [-0.05, 0) is 17.2 Å². The van der Waals surface area contributed by atoms with Crippen LogP contribution in [-0.2, 0) is 19.6 Å². The number of benzene rings is 1. The molecule has 3 nitrogen and oxygen atoms in total. The van der Waals surface area contributed by atoms with Crippen molar-refractivity contribution in [3.05, 3.63) is 59.4 Å². The van der Waals surface area contributed by atoms with E-state index in [1.54, 1.807) is 0 Å². The van der Waals surface area contributed by atoms with E-state index < -0.39 is 0 Å². The largest absolute Gasteiger partial charge is 0.487 e. The SMILES string of the molecule is c1ccc(COc2cnc3c(c2)CNCC3)cc1. The number of hydrogen-bond donors (Lipinski definition) is 1. The molecule has 0 radical (unpaired) electrons. The van der Waals surface area contributed by atoms with Gasteiger partial charge < -0.3 is 10.1 Å². The summed E-state index contributed by atoms with van der Waals surface area (Å²) in [5.41, 5.74) is 3.63. The van der Waals surface area contributed by atoms with E-state index in [2.05, 4.69) is 28.5 Å². The molecule has 0 fully saturated rings. The first-order valence-corrected chi connectivity index (χ1v) is 6.27. The van der Waals surface area contributed by atoms with Crippen molar-refractivity contribution in [2.24, 2.45) is 0 Å². The minimum Gasteiger partial charge on any atom is -0.487 e. The highest BCUT2D eigenvalue weighted by Crippen LogP contribution is 2.18. The molecule has 0 spiro atoms. The van der Waals surface area contributed by atoms with Gasteiger partial charge >= 0.3 is 0 Å². The van der Waals surface area contributed by atoms with Gasteiger partial charge in [-0.2, -0.15) is 0 Å². The van der Waals surface area contributed by atoms with Crippen LogP contribution >= 0.6 is 0 Å². The van der Waals surface area contributed by atoms with Crippen molar-refractivity contribution in [3.8, 4) is 5.75 Å². The first-order valence-electron chi connectivity index (χ1n) is 6.27. The molecule has 0 amide bonds. The van der Waals surface area contributed by atoms with Gasteiger partial charge in [-0.15, -0.1) is 0 Å². The van der Waals surface area contributed by atoms with Gasteiger partial charge in [0.05, 0.1) is 6.20 Å². The molecule has 0 aliphatic carbocycles. The van der Waals surface area contributed by atoms with Crippen LogP contribution in [0.1, 0.15) is 16.8 Å². The van der Waals surface area contributed by atoms with E-state index in [1.165, 1.54) is 16.8 Å². The highest BCUT2D eigenvalue weighted by molar-refractivity contribution is 5.31. The molecule has 1 aromatic carbocycles. The highest BCUT2D eigenvalue weighted by atomic mass is 16.5. The zero-order valence-corrected chi connectivity index (χ0v) is 10.2. The Bertz CT molecular complexity index is 525. The number of hydrogen-bond acceptors (Lipinski definition) is 3. The molecular weight excluding hydrogens is 224 g/mol. The summed E-state index contributed by atoms with van der Waals surface area (Å²) in [7, 11) is 0. The van der Waals surface area contributed by atoms with Gasteiger partial charge in [0.2, 0.25) is 0 Å². The van der Waals surface area contributed by atoms with Crippen LogP contribution in [0, 0.1) is 0 Å². The molecule has 92 valence electrons. The normalized spacial score (nSPS) is 14.0. The predicted octanol–water partition coefficient (Wildman–Crippen LogP) is 2.31. The summed E-state index contributed by atoms with van der Waals surface area (Å²) in [5.74, 6) is 0.848. The Hall–Kier alpha value is -1.87. The summed E-state index contributed by atoms with van der Waals surface area (Å²) in [4.78, 5) is 4.47. The van der Waals surface area contributed by atoms with Crippen molar-refractivity contribution in [1.82, 2.24) is 10.3 Å². The van der Waals surface area contributed by atoms with E-state index in [4.69, 9.17) is 4.74 Å². The average Bonchev–Trinajstić information content (AvgIpc) is 2.46. The van der Waals surface area contributed by atoms with Gasteiger partial charge in [-0.3, -0.25) is 4.98 Å². The van der Waals surface area contributed by atoms with E-state index in [1.807, 2.05) is 24.4 Å². The lowest BCUT2D eigenvalue weighted by atomic mass is 10.1. The highest BCUT2D eigenvalue weighted by Gasteiger charge is 2.10. The van der Waals surface area contributed by atoms with Gasteiger partial charge in [0.15, 0.2) is 0 Å². The fourth-order valence-corrected chi connectivity index (χ4v) is 2.14.